The lowest BCUT2D eigenvalue weighted by Crippen LogP contribution is -2.70. The smallest absolute Gasteiger partial charge is 0.352 e. The van der Waals surface area contributed by atoms with Gasteiger partial charge >= 0.3 is 11.9 Å². The first kappa shape index (κ1) is 95.9. The number of aliphatic hydroxyl groups excluding tert-OH is 6. The number of hydrogen-bond donors (Lipinski definition) is 21. The van der Waals surface area contributed by atoms with Crippen LogP contribution < -0.4 is 68.2 Å². The number of amides is 9. The van der Waals surface area contributed by atoms with Crippen molar-refractivity contribution < 1.29 is 137 Å². The minimum atomic E-state index is -2.35. The van der Waals surface area contributed by atoms with Gasteiger partial charge in [-0.25, -0.2) is 14.3 Å². The number of nitrogens with two attached hydrogens (primary N) is 2. The Bertz CT molecular complexity index is 5610. The van der Waals surface area contributed by atoms with Crippen LogP contribution in [0.2, 0.25) is 10.0 Å². The van der Waals surface area contributed by atoms with Gasteiger partial charge in [0, 0.05) is 46.2 Å². The lowest BCUT2D eigenvalue weighted by molar-refractivity contribution is -0.333. The molecule has 7 aromatic rings. The Labute approximate surface area is 758 Å². The first-order valence-electron chi connectivity index (χ1n) is 39.9. The van der Waals surface area contributed by atoms with Crippen molar-refractivity contribution in [2.24, 2.45) is 17.4 Å². The Kier molecular flexibility index (Phi) is 29.4. The van der Waals surface area contributed by atoms with Gasteiger partial charge in [0.05, 0.1) is 41.3 Å². The summed E-state index contributed by atoms with van der Waals surface area (Å²) in [6.45, 7) is 7.38. The second-order valence-corrected chi connectivity index (χ2v) is 36.1. The number of primary amides is 1. The number of ether oxygens (including phenoxy) is 6. The van der Waals surface area contributed by atoms with E-state index in [1.54, 1.807) is 0 Å². The normalized spacial score (nSPS) is 27.6. The van der Waals surface area contributed by atoms with Gasteiger partial charge < -0.3 is 139 Å². The maximum absolute atomic E-state index is 16.0. The molecule has 130 heavy (non-hydrogen) atoms. The molecule has 9 aliphatic rings. The van der Waals surface area contributed by atoms with E-state index in [2.05, 4.69) is 68.3 Å². The van der Waals surface area contributed by atoms with Crippen LogP contribution in [0.1, 0.15) is 110 Å². The molecule has 3 fully saturated rings. The number of benzene rings is 5. The van der Waals surface area contributed by atoms with E-state index in [1.807, 2.05) is 20.8 Å². The quantitative estimate of drug-likeness (QED) is 0.0337. The van der Waals surface area contributed by atoms with E-state index >= 15 is 14.4 Å². The maximum Gasteiger partial charge on any atom is 0.352 e. The monoisotopic (exact) mass is 1900 g/mol. The highest BCUT2D eigenvalue weighted by Gasteiger charge is 2.56. The summed E-state index contributed by atoms with van der Waals surface area (Å²) in [7, 11) is 1.47. The van der Waals surface area contributed by atoms with E-state index < -0.39 is 266 Å². The molecule has 20 atom stereocenters. The van der Waals surface area contributed by atoms with Crippen LogP contribution in [0.25, 0.3) is 11.1 Å². The molecule has 0 unspecified atom stereocenters. The highest BCUT2D eigenvalue weighted by Crippen LogP contribution is 2.51. The summed E-state index contributed by atoms with van der Waals surface area (Å²) in [5, 5.41) is 162. The van der Waals surface area contributed by atoms with Gasteiger partial charge in [-0.3, -0.25) is 48.1 Å². The molecule has 45 nitrogen and oxygen atoms in total. The molecule has 0 radical (unpaired) electrons. The number of nitrogens with zero attached hydrogens (tertiary/aromatic N) is 7. The molecule has 11 bridgehead atoms. The average Bonchev–Trinajstić information content (AvgIpc) is 0.737. The molecular formula is C80H89Cl2N17O28S3. The van der Waals surface area contributed by atoms with Gasteiger partial charge in [0.1, 0.15) is 124 Å². The molecule has 0 saturated carbocycles. The Morgan fingerprint density at radius 3 is 2.01 bits per heavy atom. The molecule has 9 aliphatic heterocycles. The fourth-order valence-electron chi connectivity index (χ4n) is 15.4. The highest BCUT2D eigenvalue weighted by atomic mass is 35.5. The van der Waals surface area contributed by atoms with E-state index in [9.17, 15) is 94.5 Å². The number of phenols is 3. The topological polar surface area (TPSA) is 687 Å². The van der Waals surface area contributed by atoms with Crippen LogP contribution in [-0.2, 0) is 73.5 Å². The van der Waals surface area contributed by atoms with Crippen LogP contribution >= 0.6 is 58.1 Å². The second kappa shape index (κ2) is 39.9. The van der Waals surface area contributed by atoms with E-state index in [-0.39, 0.29) is 58.5 Å². The predicted molar refractivity (Wildman–Crippen MR) is 452 cm³/mol. The van der Waals surface area contributed by atoms with Crippen LogP contribution in [0.5, 0.6) is 46.0 Å². The van der Waals surface area contributed by atoms with Crippen molar-refractivity contribution in [2.75, 3.05) is 25.2 Å². The van der Waals surface area contributed by atoms with E-state index in [1.165, 1.54) is 83.8 Å². The van der Waals surface area contributed by atoms with Gasteiger partial charge in [0.2, 0.25) is 59.3 Å². The summed E-state index contributed by atoms with van der Waals surface area (Å²) < 4.78 is 40.3. The van der Waals surface area contributed by atoms with Crippen molar-refractivity contribution in [2.45, 2.75) is 185 Å². The number of aromatic nitrogens is 6. The van der Waals surface area contributed by atoms with Crippen molar-refractivity contribution in [3.8, 4) is 57.1 Å². The molecule has 0 spiro atoms. The Balaban J connectivity index is 0.000000417. The number of fused-ring (bicyclic) bond motifs is 16. The molecule has 23 N–H and O–H groups in total. The number of β-lactam (4-membered cyclic amide) rings is 1. The van der Waals surface area contributed by atoms with Gasteiger partial charge in [-0.15, -0.1) is 27.1 Å². The highest BCUT2D eigenvalue weighted by molar-refractivity contribution is 8.01. The van der Waals surface area contributed by atoms with Crippen molar-refractivity contribution >= 4 is 123 Å². The zero-order valence-electron chi connectivity index (χ0n) is 69.2. The number of aliphatic carboxylic acids is 2. The number of thioether (sulfide) groups is 2. The number of halogens is 2. The second-order valence-electron chi connectivity index (χ2n) is 31.8. The standard InChI is InChI=1S/C66H75Cl2N9O24.C14H14N8O4S3/c1-23(2)12-34(71-5)58(88)76-49-51(83)26-7-10-38(32(67)14-26)97-40-16-28-17-41(55(40)101-65-56(54(86)53(85)42(22-78)99-65)100-44-21-66(4,70)57(87)24(3)96-44)98-39-11-8-27(15-33(39)68)52(84)50-63(93)75-48(64(94)95)31-18-29(79)19-37(81)45(31)30-13-25(6-9-36(30)80)46(60(90)77-50)74-61(91)47(28)73-59(89)35(20-43(69)82)72-62(49)92;1-6-17-18-14(29-6)28-4-7-3-27-12-9(11(24)22(12)10(7)13(25)26)16-8(23)2-21-5-15-19-20-21/h6-11,13-19,23-24,34-35,42,44,46-54,56-57,65,71,78-81,83-87H,12,20-22,70H2,1-5H3,(H2,69,82)(H,72,92)(H,73,89)(H,74,91)(H,75,93)(H,76,88)(H,77,90)(H,94,95);5,9,12H,2-4H2,1H3,(H,16,23)(H,25,26)/t24-,34+,35-,42+,44-,46+,47+,48-,49+,50-,51+,52+,53+,54-,56+,57+,65-,66-;9-,12-/m01/s1. The summed E-state index contributed by atoms with van der Waals surface area (Å²) in [4.78, 5) is 155. The summed E-state index contributed by atoms with van der Waals surface area (Å²) in [6.07, 6.45) is -17.3. The molecule has 9 amide bonds. The number of carbonyl (C=O) groups is 11. The minimum Gasteiger partial charge on any atom is -0.508 e. The molecule has 16 rings (SSSR count). The summed E-state index contributed by atoms with van der Waals surface area (Å²) in [5.41, 5.74) is 8.63. The number of hydrogen-bond acceptors (Lipinski definition) is 36. The third kappa shape index (κ3) is 20.8. The molecule has 5 aromatic carbocycles. The number of rotatable bonds is 20. The zero-order valence-corrected chi connectivity index (χ0v) is 73.2. The van der Waals surface area contributed by atoms with Gasteiger partial charge in [0.15, 0.2) is 34.3 Å². The van der Waals surface area contributed by atoms with Crippen molar-refractivity contribution in [3.63, 3.8) is 0 Å². The SMILES string of the molecule is CN[C@H](CC(C)C)C(=O)N[C@H]1C(=O)N[C@@H](CC(N)=O)C(=O)N[C@H]2C(=O)N[C@H]3C(=O)N[C@H](C(=O)N[C@H](C(=O)O)c4cc(O)cc(O)c4-c4cc3ccc4O)[C@H](O)c3ccc(c(Cl)c3)Oc3cc2cc(c3O[C@@H]2O[C@H](CO)[C@@H](O)[C@H](O)[C@H]2O[C@H]2C[C@](C)(N)[C@H](O)[C@H](C)O2)Oc2ccc(cc2Cl)[C@H]1O.Cc1nnc(SCC2=C(C(=O)O)N3C(=O)[C@@H](NC(=O)Cn4cnnn4)[C@H]3SC2)s1. The van der Waals surface area contributed by atoms with Crippen LogP contribution in [0.15, 0.2) is 101 Å². The molecule has 2 aromatic heterocycles. The van der Waals surface area contributed by atoms with E-state index in [4.69, 9.17) is 63.1 Å². The number of carboxylic acids is 2. The molecular weight excluding hydrogens is 1810 g/mol. The molecule has 11 heterocycles. The van der Waals surface area contributed by atoms with Crippen LogP contribution in [-0.4, -0.2) is 272 Å². The number of carboxylic acid groups (broad SMARTS) is 2. The summed E-state index contributed by atoms with van der Waals surface area (Å²) >= 11 is 18.3. The van der Waals surface area contributed by atoms with Gasteiger partial charge in [0.25, 0.3) is 5.91 Å². The Hall–Kier alpha value is -11.7. The van der Waals surface area contributed by atoms with Crippen LogP contribution in [0, 0.1) is 12.8 Å². The molecule has 694 valence electrons. The lowest BCUT2D eigenvalue weighted by Gasteiger charge is -2.49. The third-order valence-electron chi connectivity index (χ3n) is 21.9. The number of phenolic OH excluding ortho intramolecular Hbond substituents is 3. The number of nitrogens with one attached hydrogen (secondary N) is 8. The average molecular weight is 1900 g/mol. The van der Waals surface area contributed by atoms with Gasteiger partial charge in [-0.1, -0.05) is 78.3 Å². The van der Waals surface area contributed by atoms with Crippen molar-refractivity contribution in [1.82, 2.24) is 77.8 Å². The Morgan fingerprint density at radius 2 is 1.41 bits per heavy atom. The number of aryl methyl sites for hydroxylation is 1. The van der Waals surface area contributed by atoms with E-state index in [0.717, 1.165) is 76.1 Å². The largest absolute Gasteiger partial charge is 0.508 e. The summed E-state index contributed by atoms with van der Waals surface area (Å²) in [6, 6.07) is -1.46. The third-order valence-corrected chi connectivity index (χ3v) is 25.9. The van der Waals surface area contributed by atoms with Crippen molar-refractivity contribution in [1.29, 1.82) is 0 Å². The molecule has 3 saturated heterocycles. The fraction of sp³-hybridized carbons (Fsp3) is 0.425. The van der Waals surface area contributed by atoms with Crippen LogP contribution in [0.3, 0.4) is 0 Å². The fourth-order valence-corrected chi connectivity index (χ4v) is 19.1. The first-order chi connectivity index (χ1) is 61.6. The summed E-state index contributed by atoms with van der Waals surface area (Å²) in [5.74, 6) is -17.2. The Morgan fingerprint density at radius 1 is 0.754 bits per heavy atom. The number of aromatic hydroxyl groups is 3. The van der Waals surface area contributed by atoms with E-state index in [0.29, 0.717) is 17.1 Å². The molecule has 50 heteroatoms. The van der Waals surface area contributed by atoms with Gasteiger partial charge in [-0.05, 0) is 133 Å². The number of tetrazole rings is 1. The molecule has 0 aliphatic carbocycles. The first-order valence-corrected chi connectivity index (χ1v) is 43.5. The minimum absolute atomic E-state index is 0.0153. The van der Waals surface area contributed by atoms with Crippen LogP contribution in [0.4, 0.5) is 0 Å². The number of aliphatic hydroxyl groups is 6. The zero-order chi connectivity index (χ0) is 94.1. The number of carbonyl (C=O) groups excluding carboxylic acids is 9. The maximum atomic E-state index is 16.0. The van der Waals surface area contributed by atoms with Gasteiger partial charge in [-0.2, -0.15) is 0 Å². The predicted octanol–water partition coefficient (Wildman–Crippen LogP) is -0.530. The lowest BCUT2D eigenvalue weighted by atomic mass is 9.86. The number of likely N-dealkylation sites (N-methyl/N-ethyl adjacent to an activating group) is 1. The van der Waals surface area contributed by atoms with Crippen molar-refractivity contribution in [3.05, 3.63) is 139 Å².